The number of hydrogen-bond donors (Lipinski definition) is 1. The van der Waals surface area contributed by atoms with E-state index in [0.717, 1.165) is 19.5 Å². The minimum atomic E-state index is 0.753. The number of fused-ring (bicyclic) bond motifs is 1. The van der Waals surface area contributed by atoms with Gasteiger partial charge in [0.25, 0.3) is 0 Å². The molecule has 0 atom stereocenters. The molecule has 2 nitrogen and oxygen atoms in total. The lowest BCUT2D eigenvalue weighted by Gasteiger charge is -2.10. The maximum absolute atomic E-state index is 5.63. The third-order valence-electron chi connectivity index (χ3n) is 3.91. The van der Waals surface area contributed by atoms with Crippen LogP contribution in [0.4, 0.5) is 0 Å². The molecule has 2 rings (SSSR count). The van der Waals surface area contributed by atoms with E-state index < -0.39 is 0 Å². The Morgan fingerprint density at radius 2 is 1.76 bits per heavy atom. The first-order valence-electron chi connectivity index (χ1n) is 6.33. The summed E-state index contributed by atoms with van der Waals surface area (Å²) in [4.78, 5) is 0. The SMILES string of the molecule is Cc1ccc2c(C)c(C)n(CCCN)c2c1C. The molecule has 2 N–H and O–H groups in total. The number of nitrogens with zero attached hydrogens (tertiary/aromatic N) is 1. The van der Waals surface area contributed by atoms with Gasteiger partial charge in [0.1, 0.15) is 0 Å². The van der Waals surface area contributed by atoms with Gasteiger partial charge in [-0.05, 0) is 57.4 Å². The summed E-state index contributed by atoms with van der Waals surface area (Å²) in [6.07, 6.45) is 1.04. The number of benzene rings is 1. The summed E-state index contributed by atoms with van der Waals surface area (Å²) in [5, 5.41) is 1.39. The highest BCUT2D eigenvalue weighted by Crippen LogP contribution is 2.29. The van der Waals surface area contributed by atoms with E-state index in [1.165, 1.54) is 33.3 Å². The molecule has 0 spiro atoms. The van der Waals surface area contributed by atoms with E-state index in [1.807, 2.05) is 0 Å². The number of hydrogen-bond acceptors (Lipinski definition) is 1. The second kappa shape index (κ2) is 4.53. The molecule has 0 radical (unpaired) electrons. The van der Waals surface area contributed by atoms with Crippen molar-refractivity contribution in [1.29, 1.82) is 0 Å². The lowest BCUT2D eigenvalue weighted by atomic mass is 10.0. The largest absolute Gasteiger partial charge is 0.344 e. The molecule has 2 heteroatoms. The fraction of sp³-hybridized carbons (Fsp3) is 0.467. The molecule has 0 aliphatic carbocycles. The van der Waals surface area contributed by atoms with Gasteiger partial charge in [-0.2, -0.15) is 0 Å². The van der Waals surface area contributed by atoms with Crippen LogP contribution in [-0.2, 0) is 6.54 Å². The van der Waals surface area contributed by atoms with E-state index in [1.54, 1.807) is 0 Å². The highest BCUT2D eigenvalue weighted by Gasteiger charge is 2.13. The second-order valence-electron chi connectivity index (χ2n) is 4.91. The van der Waals surface area contributed by atoms with Crippen molar-refractivity contribution in [2.24, 2.45) is 5.73 Å². The van der Waals surface area contributed by atoms with Crippen molar-refractivity contribution in [2.75, 3.05) is 6.54 Å². The van der Waals surface area contributed by atoms with Gasteiger partial charge in [-0.3, -0.25) is 0 Å². The van der Waals surface area contributed by atoms with Gasteiger partial charge in [0.15, 0.2) is 0 Å². The molecule has 1 heterocycles. The van der Waals surface area contributed by atoms with Gasteiger partial charge in [0, 0.05) is 17.6 Å². The molecule has 1 aromatic carbocycles. The summed E-state index contributed by atoms with van der Waals surface area (Å²) >= 11 is 0. The lowest BCUT2D eigenvalue weighted by molar-refractivity contribution is 0.654. The Kier molecular flexibility index (Phi) is 3.25. The van der Waals surface area contributed by atoms with Crippen LogP contribution in [0.1, 0.15) is 28.8 Å². The van der Waals surface area contributed by atoms with Crippen LogP contribution in [0.15, 0.2) is 12.1 Å². The fourth-order valence-electron chi connectivity index (χ4n) is 2.55. The first-order chi connectivity index (χ1) is 8.07. The highest BCUT2D eigenvalue weighted by molar-refractivity contribution is 5.88. The minimum absolute atomic E-state index is 0.753. The van der Waals surface area contributed by atoms with E-state index in [4.69, 9.17) is 5.73 Å². The fourth-order valence-corrected chi connectivity index (χ4v) is 2.55. The van der Waals surface area contributed by atoms with Crippen LogP contribution in [0.2, 0.25) is 0 Å². The molecule has 0 saturated heterocycles. The standard InChI is InChI=1S/C15H22N2/c1-10-6-7-14-12(3)13(4)17(9-5-8-16)15(14)11(10)2/h6-7H,5,8-9,16H2,1-4H3. The van der Waals surface area contributed by atoms with Crippen molar-refractivity contribution in [3.05, 3.63) is 34.5 Å². The van der Waals surface area contributed by atoms with E-state index in [2.05, 4.69) is 44.4 Å². The van der Waals surface area contributed by atoms with Gasteiger partial charge in [-0.25, -0.2) is 0 Å². The Balaban J connectivity index is 2.72. The highest BCUT2D eigenvalue weighted by atomic mass is 15.0. The zero-order valence-corrected chi connectivity index (χ0v) is 11.3. The Bertz CT molecular complexity index is 550. The first-order valence-corrected chi connectivity index (χ1v) is 6.33. The van der Waals surface area contributed by atoms with Crippen molar-refractivity contribution in [2.45, 2.75) is 40.7 Å². The smallest absolute Gasteiger partial charge is 0.0517 e. The predicted octanol–water partition coefficient (Wildman–Crippen LogP) is 3.22. The average molecular weight is 230 g/mol. The third-order valence-corrected chi connectivity index (χ3v) is 3.91. The second-order valence-corrected chi connectivity index (χ2v) is 4.91. The van der Waals surface area contributed by atoms with Crippen molar-refractivity contribution >= 4 is 10.9 Å². The molecule has 92 valence electrons. The molecule has 0 amide bonds. The molecule has 0 bridgehead atoms. The van der Waals surface area contributed by atoms with Gasteiger partial charge < -0.3 is 10.3 Å². The first kappa shape index (κ1) is 12.2. The van der Waals surface area contributed by atoms with Crippen LogP contribution in [0.25, 0.3) is 10.9 Å². The van der Waals surface area contributed by atoms with Gasteiger partial charge in [-0.15, -0.1) is 0 Å². The van der Waals surface area contributed by atoms with Crippen molar-refractivity contribution < 1.29 is 0 Å². The molecule has 0 aliphatic rings. The summed E-state index contributed by atoms with van der Waals surface area (Å²) in [5.41, 5.74) is 12.6. The summed E-state index contributed by atoms with van der Waals surface area (Å²) < 4.78 is 2.43. The third kappa shape index (κ3) is 1.87. The molecule has 0 unspecified atom stereocenters. The summed E-state index contributed by atoms with van der Waals surface area (Å²) in [7, 11) is 0. The monoisotopic (exact) mass is 230 g/mol. The van der Waals surface area contributed by atoms with E-state index in [-0.39, 0.29) is 0 Å². The summed E-state index contributed by atoms with van der Waals surface area (Å²) in [6, 6.07) is 4.47. The van der Waals surface area contributed by atoms with E-state index in [0.29, 0.717) is 0 Å². The van der Waals surface area contributed by atoms with Gasteiger partial charge in [-0.1, -0.05) is 12.1 Å². The summed E-state index contributed by atoms with van der Waals surface area (Å²) in [5.74, 6) is 0. The lowest BCUT2D eigenvalue weighted by Crippen LogP contribution is -2.07. The number of aromatic nitrogens is 1. The Morgan fingerprint density at radius 1 is 1.06 bits per heavy atom. The molecular weight excluding hydrogens is 208 g/mol. The molecule has 17 heavy (non-hydrogen) atoms. The Labute approximate surface area is 103 Å². The molecule has 1 aromatic heterocycles. The van der Waals surface area contributed by atoms with Crippen molar-refractivity contribution in [1.82, 2.24) is 4.57 Å². The maximum atomic E-state index is 5.63. The quantitative estimate of drug-likeness (QED) is 0.862. The van der Waals surface area contributed by atoms with Crippen LogP contribution in [0.3, 0.4) is 0 Å². The van der Waals surface area contributed by atoms with Crippen LogP contribution in [-0.4, -0.2) is 11.1 Å². The number of aryl methyl sites for hydroxylation is 4. The van der Waals surface area contributed by atoms with Crippen LogP contribution >= 0.6 is 0 Å². The Hall–Kier alpha value is -1.28. The van der Waals surface area contributed by atoms with Crippen molar-refractivity contribution in [3.8, 4) is 0 Å². The van der Waals surface area contributed by atoms with Crippen LogP contribution in [0, 0.1) is 27.7 Å². The molecule has 0 saturated carbocycles. The summed E-state index contributed by atoms with van der Waals surface area (Å²) in [6.45, 7) is 10.6. The normalized spacial score (nSPS) is 11.4. The van der Waals surface area contributed by atoms with E-state index in [9.17, 15) is 0 Å². The molecule has 2 aromatic rings. The van der Waals surface area contributed by atoms with E-state index >= 15 is 0 Å². The topological polar surface area (TPSA) is 30.9 Å². The molecular formula is C15H22N2. The molecule has 0 fully saturated rings. The predicted molar refractivity (Wildman–Crippen MR) is 74.6 cm³/mol. The maximum Gasteiger partial charge on any atom is 0.0517 e. The zero-order chi connectivity index (χ0) is 12.6. The number of rotatable bonds is 3. The zero-order valence-electron chi connectivity index (χ0n) is 11.3. The van der Waals surface area contributed by atoms with Crippen LogP contribution in [0.5, 0.6) is 0 Å². The van der Waals surface area contributed by atoms with Gasteiger partial charge in [0.05, 0.1) is 5.52 Å². The molecule has 0 aliphatic heterocycles. The Morgan fingerprint density at radius 3 is 2.41 bits per heavy atom. The van der Waals surface area contributed by atoms with Crippen LogP contribution < -0.4 is 5.73 Å². The average Bonchev–Trinajstić information content (AvgIpc) is 2.56. The number of nitrogens with two attached hydrogens (primary N) is 1. The van der Waals surface area contributed by atoms with Gasteiger partial charge in [0.2, 0.25) is 0 Å². The van der Waals surface area contributed by atoms with Gasteiger partial charge >= 0.3 is 0 Å². The van der Waals surface area contributed by atoms with Crippen molar-refractivity contribution in [3.63, 3.8) is 0 Å². The minimum Gasteiger partial charge on any atom is -0.344 e.